The number of alkyl halides is 3. The SMILES string of the molecule is CCNc1nnc(C2(C(F)(F)F)CCNC2)n1CC. The molecule has 1 fully saturated rings. The summed E-state index contributed by atoms with van der Waals surface area (Å²) in [5.74, 6) is 0.402. The van der Waals surface area contributed by atoms with E-state index in [1.165, 1.54) is 4.57 Å². The molecule has 5 nitrogen and oxygen atoms in total. The summed E-state index contributed by atoms with van der Waals surface area (Å²) in [5.41, 5.74) is -1.93. The van der Waals surface area contributed by atoms with Crippen molar-refractivity contribution in [2.45, 2.75) is 38.4 Å². The summed E-state index contributed by atoms with van der Waals surface area (Å²) in [7, 11) is 0. The number of rotatable bonds is 4. The standard InChI is InChI=1S/C11H18F3N5/c1-3-16-9-18-17-8(19(9)4-2)10(11(12,13)14)5-6-15-7-10/h15H,3-7H2,1-2H3,(H,16,18). The van der Waals surface area contributed by atoms with Gasteiger partial charge in [0, 0.05) is 19.6 Å². The average Bonchev–Trinajstić information content (AvgIpc) is 2.94. The fourth-order valence-corrected chi connectivity index (χ4v) is 2.50. The highest BCUT2D eigenvalue weighted by Crippen LogP contribution is 2.45. The highest BCUT2D eigenvalue weighted by molar-refractivity contribution is 5.30. The molecule has 1 aromatic heterocycles. The Labute approximate surface area is 109 Å². The highest BCUT2D eigenvalue weighted by Gasteiger charge is 2.60. The third kappa shape index (κ3) is 2.18. The lowest BCUT2D eigenvalue weighted by Gasteiger charge is -2.30. The molecule has 1 aliphatic rings. The van der Waals surface area contributed by atoms with E-state index < -0.39 is 11.6 Å². The summed E-state index contributed by atoms with van der Waals surface area (Å²) in [5, 5.41) is 13.4. The summed E-state index contributed by atoms with van der Waals surface area (Å²) >= 11 is 0. The number of hydrogen-bond acceptors (Lipinski definition) is 4. The van der Waals surface area contributed by atoms with E-state index in [-0.39, 0.29) is 18.8 Å². The molecule has 0 amide bonds. The maximum Gasteiger partial charge on any atom is 0.402 e. The first-order valence-electron chi connectivity index (χ1n) is 6.41. The largest absolute Gasteiger partial charge is 0.402 e. The molecule has 2 heterocycles. The van der Waals surface area contributed by atoms with Crippen LogP contribution in [0.1, 0.15) is 26.1 Å². The lowest BCUT2D eigenvalue weighted by atomic mass is 9.85. The van der Waals surface area contributed by atoms with Gasteiger partial charge in [-0.05, 0) is 26.8 Å². The molecule has 8 heteroatoms. The Morgan fingerprint density at radius 3 is 2.58 bits per heavy atom. The number of nitrogens with one attached hydrogen (secondary N) is 2. The van der Waals surface area contributed by atoms with Crippen molar-refractivity contribution in [3.05, 3.63) is 5.82 Å². The maximum absolute atomic E-state index is 13.5. The third-order valence-corrected chi connectivity index (χ3v) is 3.53. The van der Waals surface area contributed by atoms with Crippen LogP contribution in [0.4, 0.5) is 19.1 Å². The molecule has 0 spiro atoms. The van der Waals surface area contributed by atoms with Crippen molar-refractivity contribution < 1.29 is 13.2 Å². The minimum atomic E-state index is -4.33. The first-order chi connectivity index (χ1) is 8.96. The summed E-state index contributed by atoms with van der Waals surface area (Å²) in [6, 6.07) is 0. The van der Waals surface area contributed by atoms with Crippen LogP contribution in [0.2, 0.25) is 0 Å². The van der Waals surface area contributed by atoms with Crippen LogP contribution in [-0.2, 0) is 12.0 Å². The van der Waals surface area contributed by atoms with Gasteiger partial charge in [-0.2, -0.15) is 13.2 Å². The molecule has 2 rings (SSSR count). The molecule has 1 unspecified atom stereocenters. The second kappa shape index (κ2) is 4.99. The molecule has 0 aliphatic carbocycles. The molecule has 1 aromatic rings. The topological polar surface area (TPSA) is 54.8 Å². The Hall–Kier alpha value is -1.31. The molecule has 0 radical (unpaired) electrons. The minimum absolute atomic E-state index is 0.000752. The molecule has 1 aliphatic heterocycles. The van der Waals surface area contributed by atoms with Crippen LogP contribution >= 0.6 is 0 Å². The fourth-order valence-electron chi connectivity index (χ4n) is 2.50. The van der Waals surface area contributed by atoms with Gasteiger partial charge in [0.1, 0.15) is 5.41 Å². The first-order valence-corrected chi connectivity index (χ1v) is 6.41. The second-order valence-electron chi connectivity index (χ2n) is 4.63. The van der Waals surface area contributed by atoms with E-state index in [1.807, 2.05) is 6.92 Å². The van der Waals surface area contributed by atoms with E-state index in [1.54, 1.807) is 6.92 Å². The molecule has 1 saturated heterocycles. The summed E-state index contributed by atoms with van der Waals surface area (Å²) in [6.45, 7) is 4.86. The van der Waals surface area contributed by atoms with Crippen molar-refractivity contribution >= 4 is 5.95 Å². The predicted octanol–water partition coefficient (Wildman–Crippen LogP) is 1.52. The Bertz CT molecular complexity index is 434. The van der Waals surface area contributed by atoms with Gasteiger partial charge in [-0.25, -0.2) is 0 Å². The molecule has 108 valence electrons. The van der Waals surface area contributed by atoms with Crippen molar-refractivity contribution in [2.24, 2.45) is 0 Å². The lowest BCUT2D eigenvalue weighted by Crippen LogP contribution is -2.46. The van der Waals surface area contributed by atoms with Gasteiger partial charge in [0.15, 0.2) is 5.82 Å². The molecule has 0 aromatic carbocycles. The molecule has 0 saturated carbocycles. The van der Waals surface area contributed by atoms with Crippen LogP contribution in [0.25, 0.3) is 0 Å². The highest BCUT2D eigenvalue weighted by atomic mass is 19.4. The number of hydrogen-bond donors (Lipinski definition) is 2. The van der Waals surface area contributed by atoms with E-state index in [0.29, 0.717) is 25.6 Å². The Morgan fingerprint density at radius 2 is 2.11 bits per heavy atom. The maximum atomic E-state index is 13.5. The van der Waals surface area contributed by atoms with Crippen LogP contribution in [-0.4, -0.2) is 40.6 Å². The Kier molecular flexibility index (Phi) is 3.71. The number of halogens is 3. The van der Waals surface area contributed by atoms with Crippen molar-refractivity contribution in [1.29, 1.82) is 0 Å². The van der Waals surface area contributed by atoms with Gasteiger partial charge >= 0.3 is 6.18 Å². The normalized spacial score (nSPS) is 23.8. The minimum Gasteiger partial charge on any atom is -0.355 e. The third-order valence-electron chi connectivity index (χ3n) is 3.53. The van der Waals surface area contributed by atoms with Crippen molar-refractivity contribution in [3.63, 3.8) is 0 Å². The van der Waals surface area contributed by atoms with Crippen LogP contribution in [0.5, 0.6) is 0 Å². The van der Waals surface area contributed by atoms with Crippen LogP contribution in [0, 0.1) is 0 Å². The zero-order valence-corrected chi connectivity index (χ0v) is 11.0. The smallest absolute Gasteiger partial charge is 0.355 e. The second-order valence-corrected chi connectivity index (χ2v) is 4.63. The lowest BCUT2D eigenvalue weighted by molar-refractivity contribution is -0.187. The van der Waals surface area contributed by atoms with Crippen molar-refractivity contribution in [2.75, 3.05) is 25.0 Å². The van der Waals surface area contributed by atoms with Crippen LogP contribution < -0.4 is 10.6 Å². The van der Waals surface area contributed by atoms with E-state index >= 15 is 0 Å². The fraction of sp³-hybridized carbons (Fsp3) is 0.818. The van der Waals surface area contributed by atoms with E-state index in [9.17, 15) is 13.2 Å². The first kappa shape index (κ1) is 14.1. The van der Waals surface area contributed by atoms with Crippen LogP contribution in [0.15, 0.2) is 0 Å². The Balaban J connectivity index is 2.49. The van der Waals surface area contributed by atoms with E-state index in [0.717, 1.165) is 0 Å². The van der Waals surface area contributed by atoms with E-state index in [2.05, 4.69) is 20.8 Å². The molecule has 0 bridgehead atoms. The van der Waals surface area contributed by atoms with Gasteiger partial charge in [-0.1, -0.05) is 0 Å². The van der Waals surface area contributed by atoms with Crippen molar-refractivity contribution in [3.8, 4) is 0 Å². The van der Waals surface area contributed by atoms with Gasteiger partial charge < -0.3 is 10.6 Å². The van der Waals surface area contributed by atoms with Crippen LogP contribution in [0.3, 0.4) is 0 Å². The Morgan fingerprint density at radius 1 is 1.37 bits per heavy atom. The molecule has 19 heavy (non-hydrogen) atoms. The number of anilines is 1. The van der Waals surface area contributed by atoms with Gasteiger partial charge in [0.2, 0.25) is 5.95 Å². The molecule has 2 N–H and O–H groups in total. The zero-order chi connectivity index (χ0) is 14.1. The molecular formula is C11H18F3N5. The number of nitrogens with zero attached hydrogens (tertiary/aromatic N) is 3. The van der Waals surface area contributed by atoms with Gasteiger partial charge in [-0.3, -0.25) is 4.57 Å². The summed E-state index contributed by atoms with van der Waals surface area (Å²) in [6.07, 6.45) is -4.33. The molecule has 1 atom stereocenters. The van der Waals surface area contributed by atoms with Gasteiger partial charge in [0.25, 0.3) is 0 Å². The molecular weight excluding hydrogens is 259 g/mol. The average molecular weight is 277 g/mol. The van der Waals surface area contributed by atoms with Crippen molar-refractivity contribution in [1.82, 2.24) is 20.1 Å². The number of aromatic nitrogens is 3. The quantitative estimate of drug-likeness (QED) is 0.876. The monoisotopic (exact) mass is 277 g/mol. The summed E-state index contributed by atoms with van der Waals surface area (Å²) in [4.78, 5) is 0. The predicted molar refractivity (Wildman–Crippen MR) is 65.1 cm³/mol. The van der Waals surface area contributed by atoms with E-state index in [4.69, 9.17) is 0 Å². The summed E-state index contributed by atoms with van der Waals surface area (Å²) < 4.78 is 41.9. The zero-order valence-electron chi connectivity index (χ0n) is 11.0. The van der Waals surface area contributed by atoms with Gasteiger partial charge in [0.05, 0.1) is 0 Å². The van der Waals surface area contributed by atoms with Gasteiger partial charge in [-0.15, -0.1) is 10.2 Å².